The number of nitrogens with zero attached hydrogens (tertiary/aromatic N) is 1. The number of rotatable bonds is 3. The molecule has 2 rings (SSSR count). The molecule has 0 spiro atoms. The van der Waals surface area contributed by atoms with Gasteiger partial charge in [-0.15, -0.1) is 0 Å². The highest BCUT2D eigenvalue weighted by Crippen LogP contribution is 2.29. The summed E-state index contributed by atoms with van der Waals surface area (Å²) in [5.74, 6) is 1.77. The first-order valence-electron chi connectivity index (χ1n) is 8.19. The van der Waals surface area contributed by atoms with Crippen molar-refractivity contribution in [1.29, 1.82) is 0 Å². The van der Waals surface area contributed by atoms with Crippen LogP contribution < -0.4 is 5.32 Å². The Morgan fingerprint density at radius 2 is 1.56 bits per heavy atom. The van der Waals surface area contributed by atoms with E-state index in [1.54, 1.807) is 0 Å². The molecule has 2 aliphatic rings. The quantitative estimate of drug-likeness (QED) is 0.829. The van der Waals surface area contributed by atoms with E-state index in [1.165, 1.54) is 51.6 Å². The van der Waals surface area contributed by atoms with Crippen LogP contribution in [0.25, 0.3) is 0 Å². The van der Waals surface area contributed by atoms with Crippen molar-refractivity contribution < 1.29 is 0 Å². The Morgan fingerprint density at radius 3 is 2.17 bits per heavy atom. The van der Waals surface area contributed by atoms with Crippen LogP contribution in [0.5, 0.6) is 0 Å². The first kappa shape index (κ1) is 14.3. The minimum Gasteiger partial charge on any atom is -0.313 e. The summed E-state index contributed by atoms with van der Waals surface area (Å²) < 4.78 is 0. The van der Waals surface area contributed by atoms with Gasteiger partial charge in [-0.05, 0) is 31.2 Å². The van der Waals surface area contributed by atoms with Gasteiger partial charge in [-0.25, -0.2) is 0 Å². The van der Waals surface area contributed by atoms with E-state index in [4.69, 9.17) is 0 Å². The molecule has 0 aromatic carbocycles. The van der Waals surface area contributed by atoms with Crippen LogP contribution in [0.2, 0.25) is 0 Å². The molecule has 1 aliphatic carbocycles. The van der Waals surface area contributed by atoms with Crippen molar-refractivity contribution in [1.82, 2.24) is 10.2 Å². The van der Waals surface area contributed by atoms with E-state index in [0.29, 0.717) is 0 Å². The standard InChI is InChI=1S/C16H32N2/c1-4-17-15-9-7-5-6-8-10-16(15)18-11-13(2)14(3)12-18/h13-17H,4-12H2,1-3H3. The molecular formula is C16H32N2. The second-order valence-corrected chi connectivity index (χ2v) is 6.63. The first-order chi connectivity index (χ1) is 8.72. The largest absolute Gasteiger partial charge is 0.313 e. The lowest BCUT2D eigenvalue weighted by molar-refractivity contribution is 0.156. The lowest BCUT2D eigenvalue weighted by atomic mass is 9.91. The predicted octanol–water partition coefficient (Wildman–Crippen LogP) is 3.28. The van der Waals surface area contributed by atoms with Gasteiger partial charge in [0.2, 0.25) is 0 Å². The molecule has 106 valence electrons. The molecule has 18 heavy (non-hydrogen) atoms. The average molecular weight is 252 g/mol. The third-order valence-electron chi connectivity index (χ3n) is 5.18. The lowest BCUT2D eigenvalue weighted by Gasteiger charge is -2.37. The monoisotopic (exact) mass is 252 g/mol. The Hall–Kier alpha value is -0.0800. The van der Waals surface area contributed by atoms with Gasteiger partial charge in [0, 0.05) is 25.2 Å². The summed E-state index contributed by atoms with van der Waals surface area (Å²) in [4.78, 5) is 2.80. The van der Waals surface area contributed by atoms with Crippen molar-refractivity contribution in [2.24, 2.45) is 11.8 Å². The van der Waals surface area contributed by atoms with E-state index < -0.39 is 0 Å². The molecule has 0 aromatic heterocycles. The maximum atomic E-state index is 3.77. The topological polar surface area (TPSA) is 15.3 Å². The highest BCUT2D eigenvalue weighted by molar-refractivity contribution is 4.91. The average Bonchev–Trinajstić information content (AvgIpc) is 2.63. The Bertz CT molecular complexity index is 229. The van der Waals surface area contributed by atoms with E-state index in [2.05, 4.69) is 31.0 Å². The Labute approximate surface area is 114 Å². The molecule has 1 aliphatic heterocycles. The van der Waals surface area contributed by atoms with Crippen LogP contribution >= 0.6 is 0 Å². The minimum absolute atomic E-state index is 0.743. The van der Waals surface area contributed by atoms with Gasteiger partial charge < -0.3 is 5.32 Å². The van der Waals surface area contributed by atoms with Crippen LogP contribution in [0.3, 0.4) is 0 Å². The maximum Gasteiger partial charge on any atom is 0.0249 e. The van der Waals surface area contributed by atoms with Crippen LogP contribution in [0.15, 0.2) is 0 Å². The number of nitrogens with one attached hydrogen (secondary N) is 1. The van der Waals surface area contributed by atoms with E-state index in [9.17, 15) is 0 Å². The molecule has 0 amide bonds. The molecule has 0 radical (unpaired) electrons. The fraction of sp³-hybridized carbons (Fsp3) is 1.00. The van der Waals surface area contributed by atoms with Gasteiger partial charge in [0.25, 0.3) is 0 Å². The SMILES string of the molecule is CCNC1CCCCCCC1N1CC(C)C(C)C1. The highest BCUT2D eigenvalue weighted by Gasteiger charge is 2.34. The molecule has 1 heterocycles. The van der Waals surface area contributed by atoms with Gasteiger partial charge in [-0.2, -0.15) is 0 Å². The van der Waals surface area contributed by atoms with Crippen LogP contribution in [0.4, 0.5) is 0 Å². The second-order valence-electron chi connectivity index (χ2n) is 6.63. The van der Waals surface area contributed by atoms with Crippen molar-refractivity contribution >= 4 is 0 Å². The molecule has 2 fully saturated rings. The molecule has 2 nitrogen and oxygen atoms in total. The van der Waals surface area contributed by atoms with Gasteiger partial charge >= 0.3 is 0 Å². The van der Waals surface area contributed by atoms with Gasteiger partial charge in [-0.1, -0.05) is 46.5 Å². The number of hydrogen-bond acceptors (Lipinski definition) is 2. The van der Waals surface area contributed by atoms with Crippen LogP contribution in [-0.4, -0.2) is 36.6 Å². The summed E-state index contributed by atoms with van der Waals surface area (Å²) in [6.07, 6.45) is 8.56. The van der Waals surface area contributed by atoms with E-state index in [-0.39, 0.29) is 0 Å². The zero-order chi connectivity index (χ0) is 13.0. The molecule has 0 bridgehead atoms. The highest BCUT2D eigenvalue weighted by atomic mass is 15.2. The summed E-state index contributed by atoms with van der Waals surface area (Å²) in [7, 11) is 0. The number of likely N-dealkylation sites (tertiary alicyclic amines) is 1. The number of likely N-dealkylation sites (N-methyl/N-ethyl adjacent to an activating group) is 1. The van der Waals surface area contributed by atoms with Gasteiger partial charge in [0.1, 0.15) is 0 Å². The Balaban J connectivity index is 1.99. The van der Waals surface area contributed by atoms with E-state index in [0.717, 1.165) is 30.5 Å². The minimum atomic E-state index is 0.743. The van der Waals surface area contributed by atoms with E-state index in [1.807, 2.05) is 0 Å². The fourth-order valence-corrected chi connectivity index (χ4v) is 3.85. The van der Waals surface area contributed by atoms with Crippen molar-refractivity contribution in [3.8, 4) is 0 Å². The Kier molecular flexibility index (Phi) is 5.50. The van der Waals surface area contributed by atoms with Gasteiger partial charge in [-0.3, -0.25) is 4.90 Å². The zero-order valence-corrected chi connectivity index (χ0v) is 12.6. The lowest BCUT2D eigenvalue weighted by Crippen LogP contribution is -2.50. The van der Waals surface area contributed by atoms with Crippen LogP contribution in [0.1, 0.15) is 59.3 Å². The van der Waals surface area contributed by atoms with Gasteiger partial charge in [0.15, 0.2) is 0 Å². The summed E-state index contributed by atoms with van der Waals surface area (Å²) in [6, 6.07) is 1.55. The van der Waals surface area contributed by atoms with Crippen molar-refractivity contribution in [2.75, 3.05) is 19.6 Å². The molecule has 4 atom stereocenters. The maximum absolute atomic E-state index is 3.77. The third kappa shape index (κ3) is 3.48. The predicted molar refractivity (Wildman–Crippen MR) is 78.9 cm³/mol. The molecule has 2 heteroatoms. The molecule has 0 aromatic rings. The summed E-state index contributed by atoms with van der Waals surface area (Å²) >= 11 is 0. The molecule has 1 N–H and O–H groups in total. The normalized spacial score (nSPS) is 39.5. The summed E-state index contributed by atoms with van der Waals surface area (Å²) in [5, 5.41) is 3.77. The number of hydrogen-bond donors (Lipinski definition) is 1. The molecular weight excluding hydrogens is 220 g/mol. The van der Waals surface area contributed by atoms with Crippen molar-refractivity contribution in [2.45, 2.75) is 71.4 Å². The first-order valence-corrected chi connectivity index (χ1v) is 8.19. The molecule has 4 unspecified atom stereocenters. The fourth-order valence-electron chi connectivity index (χ4n) is 3.85. The second kappa shape index (κ2) is 6.91. The van der Waals surface area contributed by atoms with Crippen molar-refractivity contribution in [3.05, 3.63) is 0 Å². The summed E-state index contributed by atoms with van der Waals surface area (Å²) in [5.41, 5.74) is 0. The zero-order valence-electron chi connectivity index (χ0n) is 12.6. The molecule has 1 saturated carbocycles. The van der Waals surface area contributed by atoms with Crippen molar-refractivity contribution in [3.63, 3.8) is 0 Å². The molecule has 1 saturated heterocycles. The van der Waals surface area contributed by atoms with Crippen LogP contribution in [0, 0.1) is 11.8 Å². The smallest absolute Gasteiger partial charge is 0.0249 e. The van der Waals surface area contributed by atoms with Crippen LogP contribution in [-0.2, 0) is 0 Å². The third-order valence-corrected chi connectivity index (χ3v) is 5.18. The summed E-state index contributed by atoms with van der Waals surface area (Å²) in [6.45, 7) is 10.9. The van der Waals surface area contributed by atoms with Gasteiger partial charge in [0.05, 0.1) is 0 Å². The Morgan fingerprint density at radius 1 is 0.944 bits per heavy atom. The van der Waals surface area contributed by atoms with E-state index >= 15 is 0 Å².